The van der Waals surface area contributed by atoms with Crippen molar-refractivity contribution in [3.63, 3.8) is 0 Å². The van der Waals surface area contributed by atoms with Gasteiger partial charge in [-0.3, -0.25) is 0 Å². The van der Waals surface area contributed by atoms with Gasteiger partial charge in [0.2, 0.25) is 0 Å². The first-order chi connectivity index (χ1) is 10.2. The zero-order chi connectivity index (χ0) is 15.2. The van der Waals surface area contributed by atoms with Crippen LogP contribution in [0.5, 0.6) is 0 Å². The van der Waals surface area contributed by atoms with E-state index in [-0.39, 0.29) is 0 Å². The van der Waals surface area contributed by atoms with Gasteiger partial charge < -0.3 is 5.32 Å². The Morgan fingerprint density at radius 3 is 2.48 bits per heavy atom. The van der Waals surface area contributed by atoms with Crippen LogP contribution in [0.2, 0.25) is 0 Å². The molecule has 0 aliphatic heterocycles. The van der Waals surface area contributed by atoms with E-state index in [1.54, 1.807) is 11.3 Å². The molecule has 120 valence electrons. The van der Waals surface area contributed by atoms with Gasteiger partial charge in [0.15, 0.2) is 0 Å². The number of hydrogen-bond acceptors (Lipinski definition) is 2. The monoisotopic (exact) mass is 435 g/mol. The number of unbranched alkanes of at least 4 members (excludes halogenated alkanes) is 1. The van der Waals surface area contributed by atoms with Crippen LogP contribution in [0.25, 0.3) is 0 Å². The van der Waals surface area contributed by atoms with Crippen molar-refractivity contribution in [3.8, 4) is 0 Å². The molecule has 1 aromatic rings. The van der Waals surface area contributed by atoms with Crippen molar-refractivity contribution in [2.24, 2.45) is 11.8 Å². The second-order valence-corrected chi connectivity index (χ2v) is 9.99. The van der Waals surface area contributed by atoms with E-state index < -0.39 is 0 Å². The summed E-state index contributed by atoms with van der Waals surface area (Å²) >= 11 is 9.17. The lowest BCUT2D eigenvalue weighted by molar-refractivity contribution is 0.214. The van der Waals surface area contributed by atoms with Crippen molar-refractivity contribution in [3.05, 3.63) is 19.2 Å². The zero-order valence-electron chi connectivity index (χ0n) is 13.1. The second kappa shape index (κ2) is 9.05. The average Bonchev–Trinajstić information content (AvgIpc) is 2.82. The van der Waals surface area contributed by atoms with Crippen molar-refractivity contribution < 1.29 is 0 Å². The summed E-state index contributed by atoms with van der Waals surface area (Å²) in [5.41, 5.74) is 1.45. The third-order valence-electron chi connectivity index (χ3n) is 4.77. The topological polar surface area (TPSA) is 12.0 Å². The minimum atomic E-state index is 0.513. The van der Waals surface area contributed by atoms with Gasteiger partial charge in [-0.2, -0.15) is 0 Å². The quantitative estimate of drug-likeness (QED) is 0.488. The fourth-order valence-corrected chi connectivity index (χ4v) is 6.55. The highest BCUT2D eigenvalue weighted by molar-refractivity contribution is 9.12. The molecule has 1 aliphatic carbocycles. The Hall–Kier alpha value is 0.620. The highest BCUT2D eigenvalue weighted by Gasteiger charge is 2.29. The smallest absolute Gasteiger partial charge is 0.0758 e. The SMILES string of the molecule is CCCCC1CCC(C(NCC)c2cc(Br)sc2Br)CC1. The van der Waals surface area contributed by atoms with Gasteiger partial charge in [-0.15, -0.1) is 11.3 Å². The first-order valence-electron chi connectivity index (χ1n) is 8.33. The highest BCUT2D eigenvalue weighted by atomic mass is 79.9. The van der Waals surface area contributed by atoms with Gasteiger partial charge in [0.1, 0.15) is 0 Å². The fourth-order valence-electron chi connectivity index (χ4n) is 3.62. The lowest BCUT2D eigenvalue weighted by Gasteiger charge is -2.34. The normalized spacial score (nSPS) is 24.2. The lowest BCUT2D eigenvalue weighted by Crippen LogP contribution is -2.31. The number of halogens is 2. The van der Waals surface area contributed by atoms with Crippen LogP contribution in [-0.2, 0) is 0 Å². The fraction of sp³-hybridized carbons (Fsp3) is 0.765. The lowest BCUT2D eigenvalue weighted by atomic mass is 9.75. The van der Waals surface area contributed by atoms with E-state index in [9.17, 15) is 0 Å². The van der Waals surface area contributed by atoms with Crippen LogP contribution in [0.4, 0.5) is 0 Å². The minimum absolute atomic E-state index is 0.513. The summed E-state index contributed by atoms with van der Waals surface area (Å²) in [6.45, 7) is 5.56. The maximum Gasteiger partial charge on any atom is 0.0758 e. The Morgan fingerprint density at radius 2 is 1.95 bits per heavy atom. The van der Waals surface area contributed by atoms with E-state index in [2.05, 4.69) is 57.1 Å². The van der Waals surface area contributed by atoms with E-state index >= 15 is 0 Å². The van der Waals surface area contributed by atoms with E-state index in [4.69, 9.17) is 0 Å². The minimum Gasteiger partial charge on any atom is -0.310 e. The third kappa shape index (κ3) is 5.05. The van der Waals surface area contributed by atoms with Gasteiger partial charge >= 0.3 is 0 Å². The molecule has 21 heavy (non-hydrogen) atoms. The Balaban J connectivity index is 1.98. The van der Waals surface area contributed by atoms with E-state index in [1.807, 2.05) is 0 Å². The summed E-state index contributed by atoms with van der Waals surface area (Å²) < 4.78 is 2.51. The molecule has 1 unspecified atom stereocenters. The van der Waals surface area contributed by atoms with Crippen molar-refractivity contribution in [1.29, 1.82) is 0 Å². The molecule has 1 saturated carbocycles. The number of hydrogen-bond donors (Lipinski definition) is 1. The van der Waals surface area contributed by atoms with Crippen LogP contribution >= 0.6 is 43.2 Å². The summed E-state index contributed by atoms with van der Waals surface area (Å²) in [6, 6.07) is 2.81. The van der Waals surface area contributed by atoms with Crippen molar-refractivity contribution in [2.45, 2.75) is 64.8 Å². The molecule has 0 bridgehead atoms. The molecule has 1 aromatic heterocycles. The Kier molecular flexibility index (Phi) is 7.74. The average molecular weight is 437 g/mol. The first-order valence-corrected chi connectivity index (χ1v) is 10.7. The van der Waals surface area contributed by atoms with Crippen LogP contribution in [-0.4, -0.2) is 6.54 Å². The van der Waals surface area contributed by atoms with E-state index in [0.717, 1.165) is 18.4 Å². The van der Waals surface area contributed by atoms with Gasteiger partial charge in [-0.25, -0.2) is 0 Å². The van der Waals surface area contributed by atoms with Gasteiger partial charge in [0.25, 0.3) is 0 Å². The largest absolute Gasteiger partial charge is 0.310 e. The Bertz CT molecular complexity index is 424. The predicted octanol–water partition coefficient (Wildman–Crippen LogP) is 6.92. The molecule has 2 rings (SSSR count). The van der Waals surface area contributed by atoms with E-state index in [1.165, 1.54) is 58.1 Å². The Morgan fingerprint density at radius 1 is 1.24 bits per heavy atom. The number of nitrogens with one attached hydrogen (secondary N) is 1. The maximum absolute atomic E-state index is 3.75. The summed E-state index contributed by atoms with van der Waals surface area (Å²) in [4.78, 5) is 0. The highest BCUT2D eigenvalue weighted by Crippen LogP contribution is 2.43. The Labute approximate surface area is 150 Å². The first kappa shape index (κ1) is 18.0. The molecule has 1 aliphatic rings. The predicted molar refractivity (Wildman–Crippen MR) is 101 cm³/mol. The molecule has 4 heteroatoms. The number of thiophene rings is 1. The van der Waals surface area contributed by atoms with Crippen molar-refractivity contribution in [2.75, 3.05) is 6.54 Å². The van der Waals surface area contributed by atoms with Gasteiger partial charge in [0.05, 0.1) is 7.57 Å². The molecule has 1 N–H and O–H groups in total. The maximum atomic E-state index is 3.75. The van der Waals surface area contributed by atoms with Crippen LogP contribution in [0, 0.1) is 11.8 Å². The molecule has 0 aromatic carbocycles. The van der Waals surface area contributed by atoms with Crippen LogP contribution in [0.3, 0.4) is 0 Å². The molecule has 0 spiro atoms. The van der Waals surface area contributed by atoms with Crippen LogP contribution < -0.4 is 5.32 Å². The molecule has 0 amide bonds. The van der Waals surface area contributed by atoms with Gasteiger partial charge in [0, 0.05) is 6.04 Å². The zero-order valence-corrected chi connectivity index (χ0v) is 17.1. The molecule has 0 saturated heterocycles. The summed E-state index contributed by atoms with van der Waals surface area (Å²) in [7, 11) is 0. The van der Waals surface area contributed by atoms with Crippen molar-refractivity contribution >= 4 is 43.2 Å². The van der Waals surface area contributed by atoms with Gasteiger partial charge in [-0.1, -0.05) is 46.0 Å². The second-order valence-electron chi connectivity index (χ2n) is 6.24. The standard InChI is InChI=1S/C17H27Br2NS/c1-3-5-6-12-7-9-13(10-8-12)16(20-4-2)14-11-15(18)21-17(14)19/h11-13,16,20H,3-10H2,1-2H3. The van der Waals surface area contributed by atoms with E-state index in [0.29, 0.717) is 6.04 Å². The molecular weight excluding hydrogens is 410 g/mol. The third-order valence-corrected chi connectivity index (χ3v) is 7.16. The number of rotatable bonds is 7. The van der Waals surface area contributed by atoms with Gasteiger partial charge in [-0.05, 0) is 74.7 Å². The summed E-state index contributed by atoms with van der Waals surface area (Å²) in [6.07, 6.45) is 9.82. The molecule has 1 fully saturated rings. The van der Waals surface area contributed by atoms with Crippen molar-refractivity contribution in [1.82, 2.24) is 5.32 Å². The molecule has 1 atom stereocenters. The van der Waals surface area contributed by atoms with Crippen LogP contribution in [0.1, 0.15) is 70.4 Å². The molecule has 1 nitrogen and oxygen atoms in total. The molecular formula is C17H27Br2NS. The molecule has 0 radical (unpaired) electrons. The van der Waals surface area contributed by atoms with Crippen LogP contribution in [0.15, 0.2) is 13.6 Å². The summed E-state index contributed by atoms with van der Waals surface area (Å²) in [5.74, 6) is 1.78. The summed E-state index contributed by atoms with van der Waals surface area (Å²) in [5, 5.41) is 3.74. The molecule has 1 heterocycles.